The van der Waals surface area contributed by atoms with Crippen molar-refractivity contribution in [3.63, 3.8) is 0 Å². The van der Waals surface area contributed by atoms with Gasteiger partial charge in [0, 0.05) is 32.0 Å². The molecule has 1 N–H and O–H groups in total. The maximum atomic E-state index is 8.93. The molecule has 1 aliphatic rings. The fourth-order valence-corrected chi connectivity index (χ4v) is 2.68. The first-order chi connectivity index (χ1) is 10.2. The summed E-state index contributed by atoms with van der Waals surface area (Å²) in [4.78, 5) is 10.6. The molecule has 0 bridgehead atoms. The summed E-state index contributed by atoms with van der Waals surface area (Å²) in [7, 11) is 0. The quantitative estimate of drug-likeness (QED) is 0.803. The molecule has 114 valence electrons. The Morgan fingerprint density at radius 1 is 1.29 bits per heavy atom. The van der Waals surface area contributed by atoms with Crippen molar-refractivity contribution in [1.82, 2.24) is 14.9 Å². The summed E-state index contributed by atoms with van der Waals surface area (Å²) in [5.74, 6) is 0.577. The number of aromatic nitrogens is 2. The van der Waals surface area contributed by atoms with Gasteiger partial charge in [-0.3, -0.25) is 4.90 Å². The maximum Gasteiger partial charge on any atom is 0.182 e. The van der Waals surface area contributed by atoms with Crippen molar-refractivity contribution < 1.29 is 4.74 Å². The van der Waals surface area contributed by atoms with Crippen molar-refractivity contribution in [2.45, 2.75) is 38.9 Å². The van der Waals surface area contributed by atoms with E-state index in [9.17, 15) is 0 Å². The summed E-state index contributed by atoms with van der Waals surface area (Å²) >= 11 is 0. The molecule has 0 aliphatic carbocycles. The Balaban J connectivity index is 1.65. The number of hydrogen-bond donors (Lipinski definition) is 1. The lowest BCUT2D eigenvalue weighted by molar-refractivity contribution is -0.0681. The zero-order valence-corrected chi connectivity index (χ0v) is 12.7. The van der Waals surface area contributed by atoms with Crippen LogP contribution in [0, 0.1) is 11.3 Å². The van der Waals surface area contributed by atoms with E-state index in [1.807, 2.05) is 6.07 Å². The van der Waals surface area contributed by atoms with Gasteiger partial charge in [-0.2, -0.15) is 5.26 Å². The number of nitrogens with one attached hydrogen (secondary N) is 1. The van der Waals surface area contributed by atoms with Gasteiger partial charge < -0.3 is 10.1 Å². The van der Waals surface area contributed by atoms with Crippen LogP contribution >= 0.6 is 0 Å². The lowest BCUT2D eigenvalue weighted by atomic mass is 10.2. The molecule has 1 aromatic heterocycles. The van der Waals surface area contributed by atoms with E-state index in [1.54, 1.807) is 6.20 Å². The van der Waals surface area contributed by atoms with E-state index in [0.717, 1.165) is 39.0 Å². The summed E-state index contributed by atoms with van der Waals surface area (Å²) in [6.07, 6.45) is 5.94. The average molecular weight is 289 g/mol. The number of nitriles is 1. The van der Waals surface area contributed by atoms with Crippen LogP contribution in [0.3, 0.4) is 0 Å². The lowest BCUT2D eigenvalue weighted by Crippen LogP contribution is -2.45. The van der Waals surface area contributed by atoms with Gasteiger partial charge in [0.2, 0.25) is 0 Å². The van der Waals surface area contributed by atoms with Gasteiger partial charge >= 0.3 is 0 Å². The van der Waals surface area contributed by atoms with E-state index in [4.69, 9.17) is 10.00 Å². The van der Waals surface area contributed by atoms with Crippen molar-refractivity contribution in [1.29, 1.82) is 5.26 Å². The second-order valence-electron chi connectivity index (χ2n) is 5.52. The highest BCUT2D eigenvalue weighted by atomic mass is 16.5. The van der Waals surface area contributed by atoms with Crippen LogP contribution in [-0.2, 0) is 4.74 Å². The Labute approximate surface area is 126 Å². The Bertz CT molecular complexity index is 477. The number of anilines is 1. The van der Waals surface area contributed by atoms with Crippen LogP contribution in [0.5, 0.6) is 0 Å². The molecule has 0 radical (unpaired) electrons. The lowest BCUT2D eigenvalue weighted by Gasteiger charge is -2.35. The van der Waals surface area contributed by atoms with Crippen LogP contribution in [-0.4, -0.2) is 53.3 Å². The fourth-order valence-electron chi connectivity index (χ4n) is 2.68. The molecule has 2 atom stereocenters. The van der Waals surface area contributed by atoms with Crippen LogP contribution in [0.25, 0.3) is 0 Å². The summed E-state index contributed by atoms with van der Waals surface area (Å²) in [6, 6.07) is 2.04. The minimum atomic E-state index is 0.324. The molecule has 2 unspecified atom stereocenters. The predicted octanol–water partition coefficient (Wildman–Crippen LogP) is 1.65. The van der Waals surface area contributed by atoms with E-state index < -0.39 is 0 Å². The molecule has 0 saturated carbocycles. The third-order valence-corrected chi connectivity index (χ3v) is 3.49. The molecule has 6 heteroatoms. The minimum Gasteiger partial charge on any atom is -0.373 e. The molecule has 0 spiro atoms. The highest BCUT2D eigenvalue weighted by molar-refractivity contribution is 5.46. The first kappa shape index (κ1) is 15.7. The summed E-state index contributed by atoms with van der Waals surface area (Å²) in [5.41, 5.74) is 0.355. The number of unbranched alkanes of at least 4 members (excludes halogenated alkanes) is 1. The smallest absolute Gasteiger partial charge is 0.182 e. The van der Waals surface area contributed by atoms with Crippen molar-refractivity contribution in [3.05, 3.63) is 18.1 Å². The number of rotatable bonds is 6. The number of ether oxygens (including phenoxy) is 1. The van der Waals surface area contributed by atoms with Gasteiger partial charge in [-0.05, 0) is 33.2 Å². The second-order valence-corrected chi connectivity index (χ2v) is 5.52. The van der Waals surface area contributed by atoms with E-state index in [2.05, 4.69) is 34.0 Å². The molecule has 21 heavy (non-hydrogen) atoms. The second kappa shape index (κ2) is 7.91. The zero-order chi connectivity index (χ0) is 15.1. The van der Waals surface area contributed by atoms with Crippen LogP contribution in [0.15, 0.2) is 12.4 Å². The van der Waals surface area contributed by atoms with Crippen LogP contribution in [0.1, 0.15) is 32.4 Å². The van der Waals surface area contributed by atoms with Crippen molar-refractivity contribution >= 4 is 5.82 Å². The van der Waals surface area contributed by atoms with Crippen molar-refractivity contribution in [2.75, 3.05) is 31.5 Å². The molecule has 1 aromatic rings. The van der Waals surface area contributed by atoms with Gasteiger partial charge in [0.15, 0.2) is 11.5 Å². The molecular weight excluding hydrogens is 266 g/mol. The molecule has 2 rings (SSSR count). The average Bonchev–Trinajstić information content (AvgIpc) is 2.46. The molecule has 1 aliphatic heterocycles. The summed E-state index contributed by atoms with van der Waals surface area (Å²) < 4.78 is 5.73. The van der Waals surface area contributed by atoms with Gasteiger partial charge in [-0.15, -0.1) is 0 Å². The molecule has 1 fully saturated rings. The van der Waals surface area contributed by atoms with Crippen LogP contribution in [0.4, 0.5) is 5.82 Å². The van der Waals surface area contributed by atoms with Crippen molar-refractivity contribution in [2.24, 2.45) is 0 Å². The van der Waals surface area contributed by atoms with E-state index in [0.29, 0.717) is 23.7 Å². The molecule has 1 saturated heterocycles. The van der Waals surface area contributed by atoms with E-state index >= 15 is 0 Å². The fraction of sp³-hybridized carbons (Fsp3) is 0.667. The Hall–Kier alpha value is -1.71. The van der Waals surface area contributed by atoms with Crippen LogP contribution in [0.2, 0.25) is 0 Å². The minimum absolute atomic E-state index is 0.324. The monoisotopic (exact) mass is 289 g/mol. The molecule has 6 nitrogen and oxygen atoms in total. The molecular formula is C15H23N5O. The normalized spacial score (nSPS) is 22.7. The largest absolute Gasteiger partial charge is 0.373 e. The third-order valence-electron chi connectivity index (χ3n) is 3.49. The highest BCUT2D eigenvalue weighted by Gasteiger charge is 2.21. The maximum absolute atomic E-state index is 8.93. The van der Waals surface area contributed by atoms with Gasteiger partial charge in [0.1, 0.15) is 6.07 Å². The Morgan fingerprint density at radius 3 is 2.71 bits per heavy atom. The topological polar surface area (TPSA) is 74.1 Å². The van der Waals surface area contributed by atoms with Gasteiger partial charge in [0.25, 0.3) is 0 Å². The summed E-state index contributed by atoms with van der Waals surface area (Å²) in [6.45, 7) is 8.18. The zero-order valence-electron chi connectivity index (χ0n) is 12.7. The van der Waals surface area contributed by atoms with Crippen LogP contribution < -0.4 is 5.32 Å². The Kier molecular flexibility index (Phi) is 5.90. The van der Waals surface area contributed by atoms with Gasteiger partial charge in [-0.1, -0.05) is 0 Å². The highest BCUT2D eigenvalue weighted by Crippen LogP contribution is 2.11. The van der Waals surface area contributed by atoms with E-state index in [-0.39, 0.29) is 0 Å². The predicted molar refractivity (Wildman–Crippen MR) is 80.9 cm³/mol. The standard InChI is InChI=1S/C15H23N5O/c1-12-10-20(11-13(2)21-12)8-4-3-5-18-15-14(9-16)17-6-7-19-15/h6-7,12-13H,3-5,8,10-11H2,1-2H3,(H,18,19). The van der Waals surface area contributed by atoms with E-state index in [1.165, 1.54) is 6.20 Å². The Morgan fingerprint density at radius 2 is 2.00 bits per heavy atom. The number of nitrogens with zero attached hydrogens (tertiary/aromatic N) is 4. The van der Waals surface area contributed by atoms with Gasteiger partial charge in [-0.25, -0.2) is 9.97 Å². The van der Waals surface area contributed by atoms with Gasteiger partial charge in [0.05, 0.1) is 12.2 Å². The van der Waals surface area contributed by atoms with Crippen molar-refractivity contribution in [3.8, 4) is 6.07 Å². The first-order valence-electron chi connectivity index (χ1n) is 7.52. The third kappa shape index (κ3) is 4.96. The first-order valence-corrected chi connectivity index (χ1v) is 7.52. The number of morpholine rings is 1. The number of hydrogen-bond acceptors (Lipinski definition) is 6. The molecule has 0 aromatic carbocycles. The molecule has 0 amide bonds. The SMILES string of the molecule is CC1CN(CCCCNc2nccnc2C#N)CC(C)O1. The molecule has 2 heterocycles. The summed E-state index contributed by atoms with van der Waals surface area (Å²) in [5, 5.41) is 12.1.